The number of nitrogens with one attached hydrogen (secondary N) is 1. The minimum atomic E-state index is -0.945. The zero-order valence-corrected chi connectivity index (χ0v) is 12.1. The molecule has 0 aromatic carbocycles. The lowest BCUT2D eigenvalue weighted by atomic mass is 9.86. The Morgan fingerprint density at radius 2 is 2.25 bits per heavy atom. The van der Waals surface area contributed by atoms with Crippen LogP contribution in [0.3, 0.4) is 0 Å². The van der Waals surface area contributed by atoms with Gasteiger partial charge in [-0.3, -0.25) is 0 Å². The van der Waals surface area contributed by atoms with Gasteiger partial charge >= 0.3 is 5.97 Å². The Balaban J connectivity index is 1.93. The average molecular weight is 281 g/mol. The Bertz CT molecular complexity index is 450. The molecule has 0 spiro atoms. The number of hydrogen-bond donors (Lipinski definition) is 2. The summed E-state index contributed by atoms with van der Waals surface area (Å²) in [5, 5.41) is 12.4. The van der Waals surface area contributed by atoms with Gasteiger partial charge in [0.05, 0.1) is 18.4 Å². The SMILES string of the molecule is CCC1(CC)CC(NCc2occc2C(=O)O)CCO1. The molecule has 0 radical (unpaired) electrons. The Labute approximate surface area is 119 Å². The molecule has 0 saturated carbocycles. The van der Waals surface area contributed by atoms with Gasteiger partial charge < -0.3 is 19.6 Å². The van der Waals surface area contributed by atoms with E-state index >= 15 is 0 Å². The molecule has 1 unspecified atom stereocenters. The van der Waals surface area contributed by atoms with Crippen molar-refractivity contribution in [1.82, 2.24) is 5.32 Å². The van der Waals surface area contributed by atoms with Crippen molar-refractivity contribution in [3.63, 3.8) is 0 Å². The molecule has 2 heterocycles. The maximum Gasteiger partial charge on any atom is 0.339 e. The van der Waals surface area contributed by atoms with E-state index in [2.05, 4.69) is 19.2 Å². The van der Waals surface area contributed by atoms with Gasteiger partial charge in [0, 0.05) is 12.6 Å². The zero-order chi connectivity index (χ0) is 14.6. The minimum Gasteiger partial charge on any atom is -0.478 e. The first-order valence-electron chi connectivity index (χ1n) is 7.27. The van der Waals surface area contributed by atoms with Gasteiger partial charge in [0.25, 0.3) is 0 Å². The van der Waals surface area contributed by atoms with Gasteiger partial charge in [0.15, 0.2) is 0 Å². The van der Waals surface area contributed by atoms with Crippen molar-refractivity contribution in [2.75, 3.05) is 6.61 Å². The Hall–Kier alpha value is -1.33. The molecule has 1 aromatic rings. The summed E-state index contributed by atoms with van der Waals surface area (Å²) >= 11 is 0. The van der Waals surface area contributed by atoms with Crippen molar-refractivity contribution in [2.45, 2.75) is 57.7 Å². The molecule has 0 bridgehead atoms. The summed E-state index contributed by atoms with van der Waals surface area (Å²) in [6.07, 6.45) is 5.34. The van der Waals surface area contributed by atoms with Crippen molar-refractivity contribution in [1.29, 1.82) is 0 Å². The summed E-state index contributed by atoms with van der Waals surface area (Å²) in [6, 6.07) is 1.83. The molecular weight excluding hydrogens is 258 g/mol. The standard InChI is InChI=1S/C15H23NO4/c1-3-15(4-2)9-11(5-8-20-15)16-10-13-12(14(17)18)6-7-19-13/h6-7,11,16H,3-5,8-10H2,1-2H3,(H,17,18). The van der Waals surface area contributed by atoms with Crippen molar-refractivity contribution in [3.05, 3.63) is 23.7 Å². The van der Waals surface area contributed by atoms with Crippen molar-refractivity contribution in [2.24, 2.45) is 0 Å². The molecule has 1 aromatic heterocycles. The van der Waals surface area contributed by atoms with E-state index in [-0.39, 0.29) is 11.2 Å². The zero-order valence-electron chi connectivity index (χ0n) is 12.1. The van der Waals surface area contributed by atoms with Gasteiger partial charge in [-0.2, -0.15) is 0 Å². The first-order chi connectivity index (χ1) is 9.60. The van der Waals surface area contributed by atoms with Gasteiger partial charge in [0.1, 0.15) is 11.3 Å². The van der Waals surface area contributed by atoms with Crippen LogP contribution in [0, 0.1) is 0 Å². The molecular formula is C15H23NO4. The molecule has 20 heavy (non-hydrogen) atoms. The quantitative estimate of drug-likeness (QED) is 0.839. The number of furan rings is 1. The van der Waals surface area contributed by atoms with Crippen LogP contribution in [-0.2, 0) is 11.3 Å². The molecule has 1 aliphatic rings. The van der Waals surface area contributed by atoms with Crippen LogP contribution >= 0.6 is 0 Å². The maximum absolute atomic E-state index is 11.0. The van der Waals surface area contributed by atoms with Gasteiger partial charge in [-0.15, -0.1) is 0 Å². The molecule has 1 aliphatic heterocycles. The number of rotatable bonds is 6. The highest BCUT2D eigenvalue weighted by Crippen LogP contribution is 2.31. The Morgan fingerprint density at radius 1 is 1.50 bits per heavy atom. The average Bonchev–Trinajstić information content (AvgIpc) is 2.94. The van der Waals surface area contributed by atoms with Crippen LogP contribution in [0.1, 0.15) is 55.6 Å². The molecule has 1 atom stereocenters. The summed E-state index contributed by atoms with van der Waals surface area (Å²) in [4.78, 5) is 11.0. The third-order valence-corrected chi connectivity index (χ3v) is 4.31. The normalized spacial score (nSPS) is 21.8. The van der Waals surface area contributed by atoms with Crippen molar-refractivity contribution >= 4 is 5.97 Å². The number of ether oxygens (including phenoxy) is 1. The third kappa shape index (κ3) is 3.22. The highest BCUT2D eigenvalue weighted by Gasteiger charge is 2.34. The molecule has 0 aliphatic carbocycles. The second-order valence-electron chi connectivity index (χ2n) is 5.37. The minimum absolute atomic E-state index is 0.0330. The van der Waals surface area contributed by atoms with E-state index in [0.29, 0.717) is 18.3 Å². The van der Waals surface area contributed by atoms with Crippen molar-refractivity contribution in [3.8, 4) is 0 Å². The van der Waals surface area contributed by atoms with Crippen LogP contribution in [0.2, 0.25) is 0 Å². The fourth-order valence-electron chi connectivity index (χ4n) is 2.85. The van der Waals surface area contributed by atoms with E-state index < -0.39 is 5.97 Å². The van der Waals surface area contributed by atoms with Gasteiger partial charge in [-0.05, 0) is 31.7 Å². The molecule has 2 N–H and O–H groups in total. The van der Waals surface area contributed by atoms with E-state index in [4.69, 9.17) is 14.3 Å². The fraction of sp³-hybridized carbons (Fsp3) is 0.667. The number of hydrogen-bond acceptors (Lipinski definition) is 4. The van der Waals surface area contributed by atoms with Gasteiger partial charge in [-0.25, -0.2) is 4.79 Å². The van der Waals surface area contributed by atoms with Gasteiger partial charge in [0.2, 0.25) is 0 Å². The molecule has 1 fully saturated rings. The predicted molar refractivity (Wildman–Crippen MR) is 74.8 cm³/mol. The van der Waals surface area contributed by atoms with Gasteiger partial charge in [-0.1, -0.05) is 13.8 Å². The lowest BCUT2D eigenvalue weighted by Crippen LogP contribution is -2.46. The highest BCUT2D eigenvalue weighted by molar-refractivity contribution is 5.88. The van der Waals surface area contributed by atoms with E-state index in [9.17, 15) is 4.79 Å². The summed E-state index contributed by atoms with van der Waals surface area (Å²) in [5.41, 5.74) is 0.205. The van der Waals surface area contributed by atoms with E-state index in [0.717, 1.165) is 32.3 Å². The number of carboxylic acid groups (broad SMARTS) is 1. The maximum atomic E-state index is 11.0. The first-order valence-corrected chi connectivity index (χ1v) is 7.27. The second-order valence-corrected chi connectivity index (χ2v) is 5.37. The molecule has 0 amide bonds. The van der Waals surface area contributed by atoms with Crippen LogP contribution in [0.25, 0.3) is 0 Å². The number of aromatic carboxylic acids is 1. The fourth-order valence-corrected chi connectivity index (χ4v) is 2.85. The van der Waals surface area contributed by atoms with Crippen LogP contribution < -0.4 is 5.32 Å². The molecule has 1 saturated heterocycles. The Kier molecular flexibility index (Phi) is 4.83. The van der Waals surface area contributed by atoms with E-state index in [1.807, 2.05) is 0 Å². The first kappa shape index (κ1) is 15.1. The largest absolute Gasteiger partial charge is 0.478 e. The topological polar surface area (TPSA) is 71.7 Å². The smallest absolute Gasteiger partial charge is 0.339 e. The molecule has 5 nitrogen and oxygen atoms in total. The van der Waals surface area contributed by atoms with Crippen LogP contribution in [0.5, 0.6) is 0 Å². The molecule has 2 rings (SSSR count). The monoisotopic (exact) mass is 281 g/mol. The van der Waals surface area contributed by atoms with Crippen LogP contribution in [0.15, 0.2) is 16.7 Å². The third-order valence-electron chi connectivity index (χ3n) is 4.31. The second kappa shape index (κ2) is 6.41. The number of carboxylic acids is 1. The highest BCUT2D eigenvalue weighted by atomic mass is 16.5. The van der Waals surface area contributed by atoms with Crippen molar-refractivity contribution < 1.29 is 19.1 Å². The molecule has 5 heteroatoms. The number of carbonyl (C=O) groups is 1. The van der Waals surface area contributed by atoms with Crippen LogP contribution in [0.4, 0.5) is 0 Å². The summed E-state index contributed by atoms with van der Waals surface area (Å²) in [6.45, 7) is 5.51. The van der Waals surface area contributed by atoms with Crippen LogP contribution in [-0.4, -0.2) is 29.3 Å². The lowest BCUT2D eigenvalue weighted by molar-refractivity contribution is -0.0933. The predicted octanol–water partition coefficient (Wildman–Crippen LogP) is 2.81. The summed E-state index contributed by atoms with van der Waals surface area (Å²) in [7, 11) is 0. The summed E-state index contributed by atoms with van der Waals surface area (Å²) in [5.74, 6) is -0.457. The van der Waals surface area contributed by atoms with E-state index in [1.165, 1.54) is 12.3 Å². The summed E-state index contributed by atoms with van der Waals surface area (Å²) < 4.78 is 11.2. The molecule has 112 valence electrons. The Morgan fingerprint density at radius 3 is 2.90 bits per heavy atom. The van der Waals surface area contributed by atoms with E-state index in [1.54, 1.807) is 0 Å². The lowest BCUT2D eigenvalue weighted by Gasteiger charge is -2.40.